The summed E-state index contributed by atoms with van der Waals surface area (Å²) < 4.78 is 24.4. The summed E-state index contributed by atoms with van der Waals surface area (Å²) in [6.07, 6.45) is 19.4. The quantitative estimate of drug-likeness (QED) is 0.112. The summed E-state index contributed by atoms with van der Waals surface area (Å²) >= 11 is 0. The third kappa shape index (κ3) is 20.6. The fourth-order valence-corrected chi connectivity index (χ4v) is 5.58. The summed E-state index contributed by atoms with van der Waals surface area (Å²) in [4.78, 5) is 2.28. The topological polar surface area (TPSA) is 90.8 Å². The second kappa shape index (κ2) is 24.2. The minimum atomic E-state index is -3.03. The molecular formula is C25H56N3O3P. The molecule has 0 aromatic carbocycles. The van der Waals surface area contributed by atoms with E-state index in [0.29, 0.717) is 39.0 Å². The van der Waals surface area contributed by atoms with Gasteiger partial charge in [0.25, 0.3) is 0 Å². The maximum atomic E-state index is 13.1. The predicted molar refractivity (Wildman–Crippen MR) is 140 cm³/mol. The fourth-order valence-electron chi connectivity index (χ4n) is 3.92. The first-order chi connectivity index (χ1) is 15.6. The number of hydrogen-bond donors (Lipinski definition) is 2. The molecule has 0 aliphatic carbocycles. The molecule has 0 aliphatic rings. The summed E-state index contributed by atoms with van der Waals surface area (Å²) in [5, 5.41) is 0. The molecule has 7 heteroatoms. The second-order valence-corrected chi connectivity index (χ2v) is 11.1. The highest BCUT2D eigenvalue weighted by molar-refractivity contribution is 7.53. The number of nitrogens with zero attached hydrogens (tertiary/aromatic N) is 1. The van der Waals surface area contributed by atoms with Gasteiger partial charge in [-0.3, -0.25) is 4.57 Å². The van der Waals surface area contributed by atoms with Gasteiger partial charge in [0.05, 0.1) is 19.4 Å². The Balaban J connectivity index is 3.86. The van der Waals surface area contributed by atoms with Crippen LogP contribution < -0.4 is 11.5 Å². The van der Waals surface area contributed by atoms with Crippen molar-refractivity contribution in [3.63, 3.8) is 0 Å². The van der Waals surface area contributed by atoms with Gasteiger partial charge in [0.1, 0.15) is 0 Å². The van der Waals surface area contributed by atoms with Crippen LogP contribution in [0.3, 0.4) is 0 Å². The van der Waals surface area contributed by atoms with Crippen LogP contribution >= 0.6 is 7.60 Å². The first-order valence-electron chi connectivity index (χ1n) is 13.6. The average Bonchev–Trinajstić information content (AvgIpc) is 2.79. The van der Waals surface area contributed by atoms with Gasteiger partial charge in [-0.15, -0.1) is 0 Å². The van der Waals surface area contributed by atoms with Crippen LogP contribution in [0.5, 0.6) is 0 Å². The Kier molecular flexibility index (Phi) is 24.2. The van der Waals surface area contributed by atoms with E-state index >= 15 is 0 Å². The van der Waals surface area contributed by atoms with Gasteiger partial charge in [-0.2, -0.15) is 0 Å². The summed E-state index contributed by atoms with van der Waals surface area (Å²) in [5.41, 5.74) is 11.3. The Bertz CT molecular complexity index is 419. The molecule has 0 heterocycles. The molecule has 0 radical (unpaired) electrons. The largest absolute Gasteiger partial charge is 0.331 e. The standard InChI is InChI=1S/C25H56N3O3P/c1-3-5-6-7-8-9-10-11-12-13-14-15-16-24-31-32(29,30-4-2)25-23-28(21-17-19-26)22-18-20-27/h3-27H2,1-2H3. The normalized spacial score (nSPS) is 13.7. The van der Waals surface area contributed by atoms with Crippen molar-refractivity contribution in [1.82, 2.24) is 4.90 Å². The van der Waals surface area contributed by atoms with Crippen molar-refractivity contribution in [1.29, 1.82) is 0 Å². The number of unbranched alkanes of at least 4 members (excludes halogenated alkanes) is 12. The molecule has 1 unspecified atom stereocenters. The van der Waals surface area contributed by atoms with Crippen LogP contribution in [0.4, 0.5) is 0 Å². The van der Waals surface area contributed by atoms with Gasteiger partial charge in [-0.25, -0.2) is 0 Å². The molecule has 0 saturated heterocycles. The Labute approximate surface area is 200 Å². The van der Waals surface area contributed by atoms with Crippen LogP contribution in [0.1, 0.15) is 110 Å². The summed E-state index contributed by atoms with van der Waals surface area (Å²) in [7, 11) is -3.03. The van der Waals surface area contributed by atoms with Gasteiger partial charge in [-0.1, -0.05) is 84.0 Å². The zero-order valence-electron chi connectivity index (χ0n) is 21.5. The van der Waals surface area contributed by atoms with Crippen LogP contribution in [0.15, 0.2) is 0 Å². The van der Waals surface area contributed by atoms with E-state index in [-0.39, 0.29) is 0 Å². The van der Waals surface area contributed by atoms with Crippen molar-refractivity contribution >= 4 is 7.60 Å². The van der Waals surface area contributed by atoms with Gasteiger partial charge in [-0.05, 0) is 52.4 Å². The van der Waals surface area contributed by atoms with Crippen molar-refractivity contribution in [3.8, 4) is 0 Å². The molecule has 0 amide bonds. The highest BCUT2D eigenvalue weighted by atomic mass is 31.2. The zero-order valence-corrected chi connectivity index (χ0v) is 22.4. The van der Waals surface area contributed by atoms with Gasteiger partial charge >= 0.3 is 7.60 Å². The molecule has 4 N–H and O–H groups in total. The van der Waals surface area contributed by atoms with Gasteiger partial charge < -0.3 is 25.4 Å². The summed E-state index contributed by atoms with van der Waals surface area (Å²) in [6, 6.07) is 0. The van der Waals surface area contributed by atoms with Gasteiger partial charge in [0.15, 0.2) is 0 Å². The molecule has 0 saturated carbocycles. The van der Waals surface area contributed by atoms with E-state index in [2.05, 4.69) is 11.8 Å². The zero-order chi connectivity index (χ0) is 23.8. The lowest BCUT2D eigenvalue weighted by atomic mass is 10.0. The molecule has 32 heavy (non-hydrogen) atoms. The van der Waals surface area contributed by atoms with Crippen LogP contribution in [0.25, 0.3) is 0 Å². The molecule has 0 rings (SSSR count). The SMILES string of the molecule is CCCCCCCCCCCCCCCOP(=O)(CCN(CCCN)CCCN)OCC. The average molecular weight is 478 g/mol. The van der Waals surface area contributed by atoms with E-state index in [4.69, 9.17) is 20.5 Å². The van der Waals surface area contributed by atoms with Gasteiger partial charge in [0.2, 0.25) is 0 Å². The molecule has 0 aromatic heterocycles. The minimum absolute atomic E-state index is 0.418. The van der Waals surface area contributed by atoms with Crippen molar-refractivity contribution < 1.29 is 13.6 Å². The van der Waals surface area contributed by atoms with E-state index < -0.39 is 7.60 Å². The fraction of sp³-hybridized carbons (Fsp3) is 1.00. The van der Waals surface area contributed by atoms with E-state index in [1.807, 2.05) is 6.92 Å². The molecule has 1 atom stereocenters. The van der Waals surface area contributed by atoms with E-state index in [0.717, 1.165) is 38.8 Å². The lowest BCUT2D eigenvalue weighted by molar-refractivity contribution is 0.200. The molecule has 194 valence electrons. The van der Waals surface area contributed by atoms with Crippen molar-refractivity contribution in [2.45, 2.75) is 110 Å². The Hall–Kier alpha value is 0.0300. The molecule has 0 spiro atoms. The van der Waals surface area contributed by atoms with Crippen LogP contribution in [-0.4, -0.2) is 57.0 Å². The minimum Gasteiger partial charge on any atom is -0.330 e. The first kappa shape index (κ1) is 32.0. The lowest BCUT2D eigenvalue weighted by Gasteiger charge is -2.25. The highest BCUT2D eigenvalue weighted by Crippen LogP contribution is 2.48. The molecule has 0 aromatic rings. The van der Waals surface area contributed by atoms with Crippen molar-refractivity contribution in [2.75, 3.05) is 52.1 Å². The molecular weight excluding hydrogens is 421 g/mol. The summed E-state index contributed by atoms with van der Waals surface area (Å²) in [6.45, 7) is 8.94. The molecule has 0 bridgehead atoms. The monoisotopic (exact) mass is 477 g/mol. The van der Waals surface area contributed by atoms with Crippen LogP contribution in [0.2, 0.25) is 0 Å². The maximum absolute atomic E-state index is 13.1. The maximum Gasteiger partial charge on any atom is 0.331 e. The number of hydrogen-bond acceptors (Lipinski definition) is 6. The molecule has 0 fully saturated rings. The predicted octanol–water partition coefficient (Wildman–Crippen LogP) is 6.32. The highest BCUT2D eigenvalue weighted by Gasteiger charge is 2.24. The van der Waals surface area contributed by atoms with Gasteiger partial charge in [0, 0.05) is 6.54 Å². The summed E-state index contributed by atoms with van der Waals surface area (Å²) in [5.74, 6) is 0. The van der Waals surface area contributed by atoms with E-state index in [1.54, 1.807) is 0 Å². The Morgan fingerprint density at radius 1 is 0.625 bits per heavy atom. The number of nitrogens with two attached hydrogens (primary N) is 2. The van der Waals surface area contributed by atoms with Crippen LogP contribution in [0, 0.1) is 0 Å². The second-order valence-electron chi connectivity index (χ2n) is 8.95. The van der Waals surface area contributed by atoms with Crippen molar-refractivity contribution in [3.05, 3.63) is 0 Å². The lowest BCUT2D eigenvalue weighted by Crippen LogP contribution is -2.31. The molecule has 0 aliphatic heterocycles. The third-order valence-electron chi connectivity index (χ3n) is 5.91. The Morgan fingerprint density at radius 3 is 1.53 bits per heavy atom. The van der Waals surface area contributed by atoms with Crippen molar-refractivity contribution in [2.24, 2.45) is 11.5 Å². The smallest absolute Gasteiger partial charge is 0.330 e. The Morgan fingerprint density at radius 2 is 1.09 bits per heavy atom. The third-order valence-corrected chi connectivity index (χ3v) is 7.88. The first-order valence-corrected chi connectivity index (χ1v) is 15.3. The molecule has 6 nitrogen and oxygen atoms in total. The number of rotatable bonds is 26. The van der Waals surface area contributed by atoms with E-state index in [9.17, 15) is 4.57 Å². The van der Waals surface area contributed by atoms with Crippen LogP contribution in [-0.2, 0) is 13.6 Å². The van der Waals surface area contributed by atoms with E-state index in [1.165, 1.54) is 70.6 Å².